The molecule has 0 saturated carbocycles. The first-order valence-electron chi connectivity index (χ1n) is 5.17. The van der Waals surface area contributed by atoms with Crippen LogP contribution in [-0.2, 0) is 0 Å². The maximum absolute atomic E-state index is 5.95. The summed E-state index contributed by atoms with van der Waals surface area (Å²) in [5.74, 6) is 1.25. The van der Waals surface area contributed by atoms with Crippen molar-refractivity contribution in [3.05, 3.63) is 46.4 Å². The summed E-state index contributed by atoms with van der Waals surface area (Å²) in [5, 5.41) is 0.835. The fourth-order valence-corrected chi connectivity index (χ4v) is 2.31. The Morgan fingerprint density at radius 3 is 2.44 bits per heavy atom. The Morgan fingerprint density at radius 1 is 1.06 bits per heavy atom. The summed E-state index contributed by atoms with van der Waals surface area (Å²) in [5.41, 5.74) is 6.31. The smallest absolute Gasteiger partial charge is 0.151 e. The zero-order chi connectivity index (χ0) is 13.1. The van der Waals surface area contributed by atoms with Crippen molar-refractivity contribution in [1.29, 1.82) is 0 Å². The molecule has 5 heteroatoms. The van der Waals surface area contributed by atoms with E-state index < -0.39 is 0 Å². The summed E-state index contributed by atoms with van der Waals surface area (Å²) in [6.45, 7) is 0. The van der Waals surface area contributed by atoms with E-state index in [1.165, 1.54) is 0 Å². The molecule has 0 aliphatic carbocycles. The average Bonchev–Trinajstić information content (AvgIpc) is 2.36. The number of benzene rings is 2. The molecule has 94 valence electrons. The molecule has 0 unspecified atom stereocenters. The Labute approximate surface area is 120 Å². The van der Waals surface area contributed by atoms with Crippen LogP contribution in [0.4, 0.5) is 5.69 Å². The van der Waals surface area contributed by atoms with Gasteiger partial charge >= 0.3 is 0 Å². The molecule has 2 aromatic rings. The summed E-state index contributed by atoms with van der Waals surface area (Å²) >= 11 is 13.4. The highest BCUT2D eigenvalue weighted by atomic mass is 35.5. The number of rotatable bonds is 3. The van der Waals surface area contributed by atoms with E-state index in [4.69, 9.17) is 33.7 Å². The summed E-state index contributed by atoms with van der Waals surface area (Å²) in [7, 11) is 0. The summed E-state index contributed by atoms with van der Waals surface area (Å²) in [4.78, 5) is 1.03. The van der Waals surface area contributed by atoms with E-state index in [1.54, 1.807) is 23.9 Å². The lowest BCUT2D eigenvalue weighted by atomic mass is 10.3. The van der Waals surface area contributed by atoms with Crippen molar-refractivity contribution in [2.75, 3.05) is 12.0 Å². The molecule has 2 aromatic carbocycles. The van der Waals surface area contributed by atoms with Gasteiger partial charge in [0.2, 0.25) is 0 Å². The van der Waals surface area contributed by atoms with Gasteiger partial charge in [0.15, 0.2) is 5.75 Å². The molecule has 0 spiro atoms. The molecule has 2 nitrogen and oxygen atoms in total. The van der Waals surface area contributed by atoms with Crippen LogP contribution in [0.2, 0.25) is 10.0 Å². The zero-order valence-corrected chi connectivity index (χ0v) is 11.9. The number of thioether (sulfide) groups is 1. The monoisotopic (exact) mass is 299 g/mol. The molecule has 0 bridgehead atoms. The molecule has 0 radical (unpaired) electrons. The van der Waals surface area contributed by atoms with Crippen LogP contribution in [0.1, 0.15) is 0 Å². The van der Waals surface area contributed by atoms with Gasteiger partial charge in [-0.1, -0.05) is 35.3 Å². The van der Waals surface area contributed by atoms with E-state index in [1.807, 2.05) is 30.5 Å². The lowest BCUT2D eigenvalue weighted by molar-refractivity contribution is 0.473. The number of nitrogen functional groups attached to an aromatic ring is 1. The van der Waals surface area contributed by atoms with E-state index >= 15 is 0 Å². The van der Waals surface area contributed by atoms with Crippen LogP contribution in [0, 0.1) is 0 Å². The molecule has 0 aliphatic heterocycles. The number of hydrogen-bond acceptors (Lipinski definition) is 3. The minimum atomic E-state index is 0.416. The van der Waals surface area contributed by atoms with Crippen molar-refractivity contribution in [2.45, 2.75) is 4.90 Å². The lowest BCUT2D eigenvalue weighted by Gasteiger charge is -2.12. The third kappa shape index (κ3) is 2.86. The molecule has 0 atom stereocenters. The average molecular weight is 300 g/mol. The summed E-state index contributed by atoms with van der Waals surface area (Å²) in [6.07, 6.45) is 1.99. The Hall–Kier alpha value is -1.03. The van der Waals surface area contributed by atoms with Crippen molar-refractivity contribution in [3.8, 4) is 11.5 Å². The van der Waals surface area contributed by atoms with Crippen LogP contribution < -0.4 is 10.5 Å². The number of nitrogens with two attached hydrogens (primary N) is 1. The maximum atomic E-state index is 5.95. The molecule has 0 heterocycles. The highest BCUT2D eigenvalue weighted by Gasteiger charge is 2.09. The first-order chi connectivity index (χ1) is 8.61. The van der Waals surface area contributed by atoms with Gasteiger partial charge in [-0.25, -0.2) is 0 Å². The van der Waals surface area contributed by atoms with Crippen molar-refractivity contribution < 1.29 is 4.74 Å². The Balaban J connectivity index is 2.37. The molecular formula is C13H11Cl2NOS. The van der Waals surface area contributed by atoms with Crippen LogP contribution in [-0.4, -0.2) is 6.26 Å². The van der Waals surface area contributed by atoms with Crippen LogP contribution in [0.3, 0.4) is 0 Å². The molecule has 2 N–H and O–H groups in total. The van der Waals surface area contributed by atoms with Crippen molar-refractivity contribution >= 4 is 40.7 Å². The van der Waals surface area contributed by atoms with Gasteiger partial charge in [-0.05, 0) is 24.5 Å². The van der Waals surface area contributed by atoms with E-state index in [-0.39, 0.29) is 0 Å². The van der Waals surface area contributed by atoms with Crippen LogP contribution in [0.15, 0.2) is 41.3 Å². The topological polar surface area (TPSA) is 35.2 Å². The molecule has 0 fully saturated rings. The quantitative estimate of drug-likeness (QED) is 0.633. The van der Waals surface area contributed by atoms with Gasteiger partial charge in [0, 0.05) is 11.0 Å². The molecule has 0 aromatic heterocycles. The van der Waals surface area contributed by atoms with Crippen LogP contribution >= 0.6 is 35.0 Å². The number of ether oxygens (including phenoxy) is 1. The van der Waals surface area contributed by atoms with E-state index in [2.05, 4.69) is 0 Å². The Bertz CT molecular complexity index is 575. The molecule has 0 aliphatic rings. The predicted molar refractivity (Wildman–Crippen MR) is 79.2 cm³/mol. The first kappa shape index (κ1) is 13.4. The second-order valence-electron chi connectivity index (χ2n) is 3.56. The molecule has 0 saturated heterocycles. The van der Waals surface area contributed by atoms with Gasteiger partial charge in [0.25, 0.3) is 0 Å². The fraction of sp³-hybridized carbons (Fsp3) is 0.0769. The number of hydrogen-bond donors (Lipinski definition) is 1. The van der Waals surface area contributed by atoms with Gasteiger partial charge in [-0.15, -0.1) is 11.8 Å². The number of para-hydroxylation sites is 1. The van der Waals surface area contributed by atoms with Crippen LogP contribution in [0.25, 0.3) is 0 Å². The van der Waals surface area contributed by atoms with Crippen molar-refractivity contribution in [2.24, 2.45) is 0 Å². The van der Waals surface area contributed by atoms with Gasteiger partial charge in [-0.2, -0.15) is 0 Å². The van der Waals surface area contributed by atoms with Gasteiger partial charge < -0.3 is 10.5 Å². The molecule has 0 amide bonds. The molecule has 2 rings (SSSR count). The second kappa shape index (κ2) is 5.74. The number of halogens is 2. The summed E-state index contributed by atoms with van der Waals surface area (Å²) in [6, 6.07) is 10.9. The highest BCUT2D eigenvalue weighted by Crippen LogP contribution is 2.37. The van der Waals surface area contributed by atoms with E-state index in [0.717, 1.165) is 10.6 Å². The predicted octanol–water partition coefficient (Wildman–Crippen LogP) is 5.09. The van der Waals surface area contributed by atoms with Gasteiger partial charge in [-0.3, -0.25) is 0 Å². The van der Waals surface area contributed by atoms with Gasteiger partial charge in [0.1, 0.15) is 5.75 Å². The highest BCUT2D eigenvalue weighted by molar-refractivity contribution is 7.98. The third-order valence-corrected chi connectivity index (χ3v) is 3.84. The second-order valence-corrected chi connectivity index (χ2v) is 5.22. The number of anilines is 1. The molecule has 18 heavy (non-hydrogen) atoms. The van der Waals surface area contributed by atoms with E-state index in [0.29, 0.717) is 21.5 Å². The van der Waals surface area contributed by atoms with Crippen LogP contribution in [0.5, 0.6) is 11.5 Å². The Morgan fingerprint density at radius 2 is 1.72 bits per heavy atom. The molecular weight excluding hydrogens is 289 g/mol. The third-order valence-electron chi connectivity index (χ3n) is 2.34. The SMILES string of the molecule is CSc1ccccc1Oc1cc(Cl)c(Cl)cc1N. The summed E-state index contributed by atoms with van der Waals surface area (Å²) < 4.78 is 5.78. The Kier molecular flexibility index (Phi) is 4.27. The first-order valence-corrected chi connectivity index (χ1v) is 7.15. The largest absolute Gasteiger partial charge is 0.454 e. The maximum Gasteiger partial charge on any atom is 0.151 e. The minimum Gasteiger partial charge on any atom is -0.454 e. The normalized spacial score (nSPS) is 10.4. The van der Waals surface area contributed by atoms with Gasteiger partial charge in [0.05, 0.1) is 15.7 Å². The minimum absolute atomic E-state index is 0.416. The fourth-order valence-electron chi connectivity index (χ4n) is 1.45. The lowest BCUT2D eigenvalue weighted by Crippen LogP contribution is -1.93. The van der Waals surface area contributed by atoms with Crippen molar-refractivity contribution in [1.82, 2.24) is 0 Å². The van der Waals surface area contributed by atoms with Crippen molar-refractivity contribution in [3.63, 3.8) is 0 Å². The zero-order valence-electron chi connectivity index (χ0n) is 9.61. The standard InChI is InChI=1S/C13H11Cl2NOS/c1-18-13-5-3-2-4-11(13)17-12-7-9(15)8(14)6-10(12)16/h2-7H,16H2,1H3. The van der Waals surface area contributed by atoms with E-state index in [9.17, 15) is 0 Å².